The normalized spacial score (nSPS) is 10.4. The van der Waals surface area contributed by atoms with E-state index in [0.29, 0.717) is 10.8 Å². The van der Waals surface area contributed by atoms with Gasteiger partial charge in [0.1, 0.15) is 5.82 Å². The van der Waals surface area contributed by atoms with Crippen molar-refractivity contribution in [2.45, 2.75) is 0 Å². The molecule has 0 spiro atoms. The van der Waals surface area contributed by atoms with Crippen molar-refractivity contribution in [1.82, 2.24) is 10.2 Å². The van der Waals surface area contributed by atoms with Crippen LogP contribution in [0.3, 0.4) is 0 Å². The van der Waals surface area contributed by atoms with E-state index in [0.717, 1.165) is 13.1 Å². The number of likely N-dealkylation sites (N-methyl/N-ethyl adjacent to an activating group) is 1. The summed E-state index contributed by atoms with van der Waals surface area (Å²) < 4.78 is 13.1. The Kier molecular flexibility index (Phi) is 5.61. The molecule has 0 aliphatic rings. The number of hydrogen-bond donors (Lipinski definition) is 2. The van der Waals surface area contributed by atoms with Gasteiger partial charge < -0.3 is 15.5 Å². The molecule has 2 N–H and O–H groups in total. The summed E-state index contributed by atoms with van der Waals surface area (Å²) in [4.78, 5) is 2.04. The van der Waals surface area contributed by atoms with E-state index in [1.165, 1.54) is 12.1 Å². The minimum Gasteiger partial charge on any atom is -0.361 e. The van der Waals surface area contributed by atoms with Crippen LogP contribution in [0, 0.1) is 5.82 Å². The zero-order valence-corrected chi connectivity index (χ0v) is 11.3. The van der Waals surface area contributed by atoms with Gasteiger partial charge in [0.05, 0.1) is 5.02 Å². The Morgan fingerprint density at radius 1 is 1.47 bits per heavy atom. The molecular weight excluding hydrogens is 261 g/mol. The van der Waals surface area contributed by atoms with Crippen LogP contribution >= 0.6 is 23.8 Å². The monoisotopic (exact) mass is 275 g/mol. The molecule has 0 aliphatic heterocycles. The van der Waals surface area contributed by atoms with Gasteiger partial charge in [0, 0.05) is 18.8 Å². The molecule has 0 radical (unpaired) electrons. The zero-order chi connectivity index (χ0) is 12.8. The predicted molar refractivity (Wildman–Crippen MR) is 74.2 cm³/mol. The van der Waals surface area contributed by atoms with Gasteiger partial charge >= 0.3 is 0 Å². The van der Waals surface area contributed by atoms with Crippen molar-refractivity contribution in [2.24, 2.45) is 0 Å². The molecule has 94 valence electrons. The first kappa shape index (κ1) is 14.2. The van der Waals surface area contributed by atoms with E-state index in [2.05, 4.69) is 10.6 Å². The fourth-order valence-corrected chi connectivity index (χ4v) is 1.48. The molecule has 0 atom stereocenters. The number of rotatable bonds is 4. The molecule has 0 saturated heterocycles. The summed E-state index contributed by atoms with van der Waals surface area (Å²) in [6.45, 7) is 1.60. The lowest BCUT2D eigenvalue weighted by atomic mass is 10.3. The summed E-state index contributed by atoms with van der Waals surface area (Å²) in [5.41, 5.74) is 0.578. The number of nitrogens with zero attached hydrogens (tertiary/aromatic N) is 1. The van der Waals surface area contributed by atoms with Gasteiger partial charge in [-0.25, -0.2) is 4.39 Å². The van der Waals surface area contributed by atoms with Gasteiger partial charge in [-0.05, 0) is 44.5 Å². The third-order valence-electron chi connectivity index (χ3n) is 2.02. The van der Waals surface area contributed by atoms with E-state index >= 15 is 0 Å². The first-order chi connectivity index (χ1) is 7.99. The SMILES string of the molecule is CN(C)CCNC(=S)Nc1ccc(Cl)c(F)c1. The zero-order valence-electron chi connectivity index (χ0n) is 9.76. The maximum absolute atomic E-state index is 13.1. The molecule has 6 heteroatoms. The van der Waals surface area contributed by atoms with Gasteiger partial charge in [0.2, 0.25) is 0 Å². The molecular formula is C11H15ClFN3S. The van der Waals surface area contributed by atoms with Crippen LogP contribution in [-0.4, -0.2) is 37.2 Å². The number of hydrogen-bond acceptors (Lipinski definition) is 2. The Bertz CT molecular complexity index is 398. The highest BCUT2D eigenvalue weighted by molar-refractivity contribution is 7.80. The van der Waals surface area contributed by atoms with E-state index in [1.807, 2.05) is 19.0 Å². The standard InChI is InChI=1S/C11H15ClFN3S/c1-16(2)6-5-14-11(17)15-8-3-4-9(12)10(13)7-8/h3-4,7H,5-6H2,1-2H3,(H2,14,15,17). The summed E-state index contributed by atoms with van der Waals surface area (Å²) in [6.07, 6.45) is 0. The smallest absolute Gasteiger partial charge is 0.170 e. The third kappa shape index (κ3) is 5.30. The molecule has 0 fully saturated rings. The fraction of sp³-hybridized carbons (Fsp3) is 0.364. The van der Waals surface area contributed by atoms with Gasteiger partial charge in [-0.1, -0.05) is 11.6 Å². The molecule has 0 heterocycles. The Morgan fingerprint density at radius 2 is 2.18 bits per heavy atom. The van der Waals surface area contributed by atoms with Crippen molar-refractivity contribution in [1.29, 1.82) is 0 Å². The number of anilines is 1. The van der Waals surface area contributed by atoms with Gasteiger partial charge in [-0.2, -0.15) is 0 Å². The maximum atomic E-state index is 13.1. The van der Waals surface area contributed by atoms with E-state index in [4.69, 9.17) is 23.8 Å². The molecule has 0 bridgehead atoms. The lowest BCUT2D eigenvalue weighted by molar-refractivity contribution is 0.413. The second-order valence-electron chi connectivity index (χ2n) is 3.81. The summed E-state index contributed by atoms with van der Waals surface area (Å²) in [5.74, 6) is -0.465. The highest BCUT2D eigenvalue weighted by atomic mass is 35.5. The molecule has 1 aromatic carbocycles. The highest BCUT2D eigenvalue weighted by Gasteiger charge is 2.02. The van der Waals surface area contributed by atoms with Crippen molar-refractivity contribution in [2.75, 3.05) is 32.5 Å². The third-order valence-corrected chi connectivity index (χ3v) is 2.57. The topological polar surface area (TPSA) is 27.3 Å². The predicted octanol–water partition coefficient (Wildman–Crippen LogP) is 2.33. The van der Waals surface area contributed by atoms with Crippen LogP contribution in [0.2, 0.25) is 5.02 Å². The Hall–Kier alpha value is -0.910. The maximum Gasteiger partial charge on any atom is 0.170 e. The molecule has 0 aliphatic carbocycles. The fourth-order valence-electron chi connectivity index (χ4n) is 1.14. The number of thiocarbonyl (C=S) groups is 1. The minimum atomic E-state index is -0.465. The van der Waals surface area contributed by atoms with E-state index < -0.39 is 5.82 Å². The van der Waals surface area contributed by atoms with Crippen LogP contribution in [0.5, 0.6) is 0 Å². The lowest BCUT2D eigenvalue weighted by Crippen LogP contribution is -2.34. The average molecular weight is 276 g/mol. The number of nitrogens with one attached hydrogen (secondary N) is 2. The summed E-state index contributed by atoms with van der Waals surface area (Å²) >= 11 is 10.6. The quantitative estimate of drug-likeness (QED) is 0.825. The van der Waals surface area contributed by atoms with Crippen LogP contribution in [0.25, 0.3) is 0 Å². The van der Waals surface area contributed by atoms with Crippen molar-refractivity contribution in [3.8, 4) is 0 Å². The molecule has 1 aromatic rings. The molecule has 3 nitrogen and oxygen atoms in total. The first-order valence-electron chi connectivity index (χ1n) is 5.13. The molecule has 17 heavy (non-hydrogen) atoms. The van der Waals surface area contributed by atoms with Crippen LogP contribution in [0.4, 0.5) is 10.1 Å². The van der Waals surface area contributed by atoms with Crippen LogP contribution < -0.4 is 10.6 Å². The Labute approximate surface area is 111 Å². The largest absolute Gasteiger partial charge is 0.361 e. The molecule has 0 unspecified atom stereocenters. The molecule has 0 saturated carbocycles. The van der Waals surface area contributed by atoms with Crippen molar-refractivity contribution in [3.05, 3.63) is 29.0 Å². The molecule has 0 amide bonds. The van der Waals surface area contributed by atoms with Crippen molar-refractivity contribution in [3.63, 3.8) is 0 Å². The Morgan fingerprint density at radius 3 is 2.76 bits per heavy atom. The first-order valence-corrected chi connectivity index (χ1v) is 5.92. The highest BCUT2D eigenvalue weighted by Crippen LogP contribution is 2.18. The second kappa shape index (κ2) is 6.74. The van der Waals surface area contributed by atoms with Gasteiger partial charge in [0.25, 0.3) is 0 Å². The summed E-state index contributed by atoms with van der Waals surface area (Å²) in [5, 5.41) is 6.47. The summed E-state index contributed by atoms with van der Waals surface area (Å²) in [6, 6.07) is 4.47. The molecule has 0 aromatic heterocycles. The van der Waals surface area contributed by atoms with E-state index in [9.17, 15) is 4.39 Å². The van der Waals surface area contributed by atoms with Gasteiger partial charge in [-0.3, -0.25) is 0 Å². The van der Waals surface area contributed by atoms with Crippen LogP contribution in [-0.2, 0) is 0 Å². The summed E-state index contributed by atoms with van der Waals surface area (Å²) in [7, 11) is 3.96. The van der Waals surface area contributed by atoms with E-state index in [1.54, 1.807) is 6.07 Å². The average Bonchev–Trinajstić information content (AvgIpc) is 2.23. The minimum absolute atomic E-state index is 0.0991. The Balaban J connectivity index is 2.42. The van der Waals surface area contributed by atoms with Crippen LogP contribution in [0.15, 0.2) is 18.2 Å². The lowest BCUT2D eigenvalue weighted by Gasteiger charge is -2.13. The number of benzene rings is 1. The second-order valence-corrected chi connectivity index (χ2v) is 4.63. The van der Waals surface area contributed by atoms with Gasteiger partial charge in [0.15, 0.2) is 5.11 Å². The van der Waals surface area contributed by atoms with E-state index in [-0.39, 0.29) is 5.02 Å². The number of halogens is 2. The van der Waals surface area contributed by atoms with Crippen molar-refractivity contribution < 1.29 is 4.39 Å². The molecule has 1 rings (SSSR count). The van der Waals surface area contributed by atoms with Crippen molar-refractivity contribution >= 4 is 34.6 Å². The van der Waals surface area contributed by atoms with Crippen LogP contribution in [0.1, 0.15) is 0 Å². The van der Waals surface area contributed by atoms with Gasteiger partial charge in [-0.15, -0.1) is 0 Å².